The summed E-state index contributed by atoms with van der Waals surface area (Å²) in [5, 5.41) is 3.76. The number of unbranched alkanes of at least 4 members (excludes halogenated alkanes) is 2. The summed E-state index contributed by atoms with van der Waals surface area (Å²) in [4.78, 5) is 0. The van der Waals surface area contributed by atoms with E-state index >= 15 is 0 Å². The van der Waals surface area contributed by atoms with E-state index in [2.05, 4.69) is 33.0 Å². The maximum Gasteiger partial charge on any atom is 0.0506 e. The van der Waals surface area contributed by atoms with Gasteiger partial charge in [0.15, 0.2) is 0 Å². The van der Waals surface area contributed by atoms with Crippen molar-refractivity contribution in [3.63, 3.8) is 0 Å². The van der Waals surface area contributed by atoms with Crippen LogP contribution >= 0.6 is 0 Å². The van der Waals surface area contributed by atoms with Crippen molar-refractivity contribution in [1.29, 1.82) is 0 Å². The summed E-state index contributed by atoms with van der Waals surface area (Å²) < 4.78 is 5.48. The second-order valence-corrected chi connectivity index (χ2v) is 6.45. The Hall–Kier alpha value is -0.0800. The van der Waals surface area contributed by atoms with Gasteiger partial charge in [-0.1, -0.05) is 47.0 Å². The van der Waals surface area contributed by atoms with Gasteiger partial charge in [0.05, 0.1) is 6.61 Å². The van der Waals surface area contributed by atoms with Crippen LogP contribution in [0, 0.1) is 11.3 Å². The molecule has 0 radical (unpaired) electrons. The van der Waals surface area contributed by atoms with Crippen LogP contribution in [0.5, 0.6) is 0 Å². The molecule has 0 aliphatic carbocycles. The molecule has 0 aromatic rings. The van der Waals surface area contributed by atoms with Gasteiger partial charge in [-0.3, -0.25) is 0 Å². The van der Waals surface area contributed by atoms with Crippen molar-refractivity contribution in [2.45, 2.75) is 65.8 Å². The molecule has 1 rings (SSSR count). The highest BCUT2D eigenvalue weighted by Gasteiger charge is 2.24. The third-order valence-electron chi connectivity index (χ3n) is 3.94. The summed E-state index contributed by atoms with van der Waals surface area (Å²) in [6.07, 6.45) is 6.57. The van der Waals surface area contributed by atoms with Crippen molar-refractivity contribution in [3.8, 4) is 0 Å². The Morgan fingerprint density at radius 2 is 2.06 bits per heavy atom. The standard InChI is InChI=1S/C15H31NO/c1-5-6-7-9-15(3,4)12-16-14-8-10-17-11-13(14)2/h13-14,16H,5-12H2,1-4H3. The average molecular weight is 241 g/mol. The molecule has 1 saturated heterocycles. The molecule has 1 aliphatic heterocycles. The maximum atomic E-state index is 5.48. The predicted molar refractivity (Wildman–Crippen MR) is 74.3 cm³/mol. The molecule has 2 atom stereocenters. The van der Waals surface area contributed by atoms with Crippen molar-refractivity contribution in [2.75, 3.05) is 19.8 Å². The highest BCUT2D eigenvalue weighted by atomic mass is 16.5. The molecule has 1 fully saturated rings. The topological polar surface area (TPSA) is 21.3 Å². The molecule has 0 spiro atoms. The summed E-state index contributed by atoms with van der Waals surface area (Å²) in [6.45, 7) is 12.3. The van der Waals surface area contributed by atoms with Gasteiger partial charge in [0.25, 0.3) is 0 Å². The lowest BCUT2D eigenvalue weighted by Crippen LogP contribution is -2.45. The van der Waals surface area contributed by atoms with Crippen LogP contribution in [0.15, 0.2) is 0 Å². The molecule has 0 aromatic heterocycles. The maximum absolute atomic E-state index is 5.48. The van der Waals surface area contributed by atoms with Gasteiger partial charge in [-0.2, -0.15) is 0 Å². The lowest BCUT2D eigenvalue weighted by atomic mass is 9.86. The zero-order chi connectivity index (χ0) is 12.7. The van der Waals surface area contributed by atoms with E-state index in [1.54, 1.807) is 0 Å². The second-order valence-electron chi connectivity index (χ2n) is 6.45. The lowest BCUT2D eigenvalue weighted by molar-refractivity contribution is 0.0361. The highest BCUT2D eigenvalue weighted by molar-refractivity contribution is 4.80. The smallest absolute Gasteiger partial charge is 0.0506 e. The van der Waals surface area contributed by atoms with Crippen molar-refractivity contribution < 1.29 is 4.74 Å². The van der Waals surface area contributed by atoms with Gasteiger partial charge in [0.1, 0.15) is 0 Å². The number of hydrogen-bond acceptors (Lipinski definition) is 2. The second kappa shape index (κ2) is 7.38. The Labute approximate surface area is 108 Å². The Morgan fingerprint density at radius 1 is 1.29 bits per heavy atom. The van der Waals surface area contributed by atoms with Gasteiger partial charge in [-0.25, -0.2) is 0 Å². The fraction of sp³-hybridized carbons (Fsp3) is 1.00. The molecule has 2 unspecified atom stereocenters. The van der Waals surface area contributed by atoms with Crippen LogP contribution in [-0.2, 0) is 4.74 Å². The van der Waals surface area contributed by atoms with Crippen LogP contribution < -0.4 is 5.32 Å². The molecule has 1 N–H and O–H groups in total. The van der Waals surface area contributed by atoms with E-state index in [1.807, 2.05) is 0 Å². The van der Waals surface area contributed by atoms with Crippen molar-refractivity contribution >= 4 is 0 Å². The summed E-state index contributed by atoms with van der Waals surface area (Å²) in [7, 11) is 0. The van der Waals surface area contributed by atoms with Crippen molar-refractivity contribution in [3.05, 3.63) is 0 Å². The van der Waals surface area contributed by atoms with Crippen LogP contribution in [0.25, 0.3) is 0 Å². The zero-order valence-electron chi connectivity index (χ0n) is 12.2. The molecular weight excluding hydrogens is 210 g/mol. The van der Waals surface area contributed by atoms with Crippen LogP contribution in [0.4, 0.5) is 0 Å². The Morgan fingerprint density at radius 3 is 2.71 bits per heavy atom. The van der Waals surface area contributed by atoms with Gasteiger partial charge in [-0.05, 0) is 24.2 Å². The van der Waals surface area contributed by atoms with E-state index in [9.17, 15) is 0 Å². The van der Waals surface area contributed by atoms with E-state index in [0.717, 1.165) is 19.8 Å². The van der Waals surface area contributed by atoms with Gasteiger partial charge in [0, 0.05) is 19.2 Å². The van der Waals surface area contributed by atoms with Gasteiger partial charge < -0.3 is 10.1 Å². The Kier molecular flexibility index (Phi) is 6.50. The third kappa shape index (κ3) is 5.87. The lowest BCUT2D eigenvalue weighted by Gasteiger charge is -2.33. The number of nitrogens with one attached hydrogen (secondary N) is 1. The first-order chi connectivity index (χ1) is 8.05. The summed E-state index contributed by atoms with van der Waals surface area (Å²) in [5.41, 5.74) is 0.438. The molecule has 0 bridgehead atoms. The number of hydrogen-bond donors (Lipinski definition) is 1. The number of rotatable bonds is 7. The minimum atomic E-state index is 0.438. The van der Waals surface area contributed by atoms with Crippen LogP contribution in [0.1, 0.15) is 59.8 Å². The minimum Gasteiger partial charge on any atom is -0.381 e. The number of ether oxygens (including phenoxy) is 1. The molecule has 0 aromatic carbocycles. The third-order valence-corrected chi connectivity index (χ3v) is 3.94. The van der Waals surface area contributed by atoms with Crippen LogP contribution in [-0.4, -0.2) is 25.8 Å². The van der Waals surface area contributed by atoms with Crippen molar-refractivity contribution in [2.24, 2.45) is 11.3 Å². The van der Waals surface area contributed by atoms with Crippen molar-refractivity contribution in [1.82, 2.24) is 5.32 Å². The Bertz CT molecular complexity index is 203. The fourth-order valence-corrected chi connectivity index (χ4v) is 2.53. The van der Waals surface area contributed by atoms with E-state index in [0.29, 0.717) is 17.4 Å². The molecule has 17 heavy (non-hydrogen) atoms. The molecule has 2 nitrogen and oxygen atoms in total. The molecule has 0 amide bonds. The summed E-state index contributed by atoms with van der Waals surface area (Å²) >= 11 is 0. The monoisotopic (exact) mass is 241 g/mol. The molecule has 2 heteroatoms. The normalized spacial score (nSPS) is 26.1. The molecule has 0 saturated carbocycles. The Balaban J connectivity index is 2.22. The fourth-order valence-electron chi connectivity index (χ4n) is 2.53. The largest absolute Gasteiger partial charge is 0.381 e. The summed E-state index contributed by atoms with van der Waals surface area (Å²) in [5.74, 6) is 0.662. The minimum absolute atomic E-state index is 0.438. The van der Waals surface area contributed by atoms with Crippen LogP contribution in [0.2, 0.25) is 0 Å². The summed E-state index contributed by atoms with van der Waals surface area (Å²) in [6, 6.07) is 0.661. The van der Waals surface area contributed by atoms with E-state index in [-0.39, 0.29) is 0 Å². The quantitative estimate of drug-likeness (QED) is 0.688. The predicted octanol–water partition coefficient (Wildman–Crippen LogP) is 3.61. The molecule has 102 valence electrons. The van der Waals surface area contributed by atoms with E-state index < -0.39 is 0 Å². The van der Waals surface area contributed by atoms with E-state index in [4.69, 9.17) is 4.74 Å². The van der Waals surface area contributed by atoms with Crippen LogP contribution in [0.3, 0.4) is 0 Å². The molecule has 1 aliphatic rings. The molecule has 1 heterocycles. The first-order valence-corrected chi connectivity index (χ1v) is 7.36. The first-order valence-electron chi connectivity index (χ1n) is 7.36. The molecular formula is C15H31NO. The van der Waals surface area contributed by atoms with Gasteiger partial charge >= 0.3 is 0 Å². The van der Waals surface area contributed by atoms with Gasteiger partial charge in [0.2, 0.25) is 0 Å². The first kappa shape index (κ1) is 15.0. The van der Waals surface area contributed by atoms with Gasteiger partial charge in [-0.15, -0.1) is 0 Å². The highest BCUT2D eigenvalue weighted by Crippen LogP contribution is 2.24. The zero-order valence-corrected chi connectivity index (χ0v) is 12.2. The SMILES string of the molecule is CCCCCC(C)(C)CNC1CCOCC1C. The van der Waals surface area contributed by atoms with E-state index in [1.165, 1.54) is 32.1 Å². The average Bonchev–Trinajstić information content (AvgIpc) is 2.28.